The molecule has 1 unspecified atom stereocenters. The predicted molar refractivity (Wildman–Crippen MR) is 115 cm³/mol. The van der Waals surface area contributed by atoms with Gasteiger partial charge < -0.3 is 15.4 Å². The Morgan fingerprint density at radius 1 is 0.862 bits per heavy atom. The standard InChI is InChI=1S/C24H24N2O3/c1-3-18-12-14-22(15-13-18)29-17(2)23(27)26-21-11-7-8-19(16-21)24(28)25-20-9-5-4-6-10-20/h4-17H,3H2,1-2H3,(H,25,28)(H,26,27). The van der Waals surface area contributed by atoms with Crippen molar-refractivity contribution in [2.24, 2.45) is 0 Å². The van der Waals surface area contributed by atoms with Crippen LogP contribution < -0.4 is 15.4 Å². The highest BCUT2D eigenvalue weighted by Gasteiger charge is 2.16. The summed E-state index contributed by atoms with van der Waals surface area (Å²) in [6.07, 6.45) is 0.272. The minimum Gasteiger partial charge on any atom is -0.481 e. The summed E-state index contributed by atoms with van der Waals surface area (Å²) in [4.78, 5) is 24.9. The van der Waals surface area contributed by atoms with Crippen molar-refractivity contribution in [3.63, 3.8) is 0 Å². The molecule has 0 saturated heterocycles. The minimum absolute atomic E-state index is 0.243. The van der Waals surface area contributed by atoms with Crippen molar-refractivity contribution >= 4 is 23.2 Å². The summed E-state index contributed by atoms with van der Waals surface area (Å²) in [6, 6.07) is 23.7. The van der Waals surface area contributed by atoms with E-state index in [-0.39, 0.29) is 11.8 Å². The van der Waals surface area contributed by atoms with Crippen LogP contribution in [-0.4, -0.2) is 17.9 Å². The van der Waals surface area contributed by atoms with Crippen molar-refractivity contribution in [3.8, 4) is 5.75 Å². The van der Waals surface area contributed by atoms with Gasteiger partial charge in [0.25, 0.3) is 11.8 Å². The molecule has 0 aliphatic rings. The number of hydrogen-bond donors (Lipinski definition) is 2. The minimum atomic E-state index is -0.677. The van der Waals surface area contributed by atoms with Crippen molar-refractivity contribution in [3.05, 3.63) is 90.0 Å². The third-order valence-corrected chi connectivity index (χ3v) is 4.44. The van der Waals surface area contributed by atoms with Crippen LogP contribution in [0, 0.1) is 0 Å². The Morgan fingerprint density at radius 3 is 2.24 bits per heavy atom. The molecule has 3 rings (SSSR count). The third-order valence-electron chi connectivity index (χ3n) is 4.44. The van der Waals surface area contributed by atoms with Crippen molar-refractivity contribution in [2.75, 3.05) is 10.6 Å². The zero-order valence-electron chi connectivity index (χ0n) is 16.5. The molecule has 1 atom stereocenters. The van der Waals surface area contributed by atoms with Crippen LogP contribution in [0.5, 0.6) is 5.75 Å². The summed E-state index contributed by atoms with van der Waals surface area (Å²) >= 11 is 0. The highest BCUT2D eigenvalue weighted by atomic mass is 16.5. The molecule has 0 aliphatic heterocycles. The number of aryl methyl sites for hydroxylation is 1. The van der Waals surface area contributed by atoms with Crippen molar-refractivity contribution < 1.29 is 14.3 Å². The average Bonchev–Trinajstić information content (AvgIpc) is 2.75. The van der Waals surface area contributed by atoms with Gasteiger partial charge in [-0.05, 0) is 61.4 Å². The summed E-state index contributed by atoms with van der Waals surface area (Å²) in [5.41, 5.74) is 2.91. The van der Waals surface area contributed by atoms with E-state index in [2.05, 4.69) is 17.6 Å². The zero-order chi connectivity index (χ0) is 20.6. The van der Waals surface area contributed by atoms with Gasteiger partial charge in [-0.3, -0.25) is 9.59 Å². The first kappa shape index (κ1) is 20.1. The molecule has 3 aromatic rings. The SMILES string of the molecule is CCc1ccc(OC(C)C(=O)Nc2cccc(C(=O)Nc3ccccc3)c2)cc1. The van der Waals surface area contributed by atoms with E-state index in [0.717, 1.165) is 6.42 Å². The molecule has 0 fully saturated rings. The second-order valence-corrected chi connectivity index (χ2v) is 6.65. The molecule has 0 radical (unpaired) electrons. The van der Waals surface area contributed by atoms with Gasteiger partial charge >= 0.3 is 0 Å². The van der Waals surface area contributed by atoms with Gasteiger partial charge in [-0.15, -0.1) is 0 Å². The summed E-state index contributed by atoms with van der Waals surface area (Å²) in [5, 5.41) is 5.63. The lowest BCUT2D eigenvalue weighted by molar-refractivity contribution is -0.122. The number of benzene rings is 3. The third kappa shape index (κ3) is 5.69. The van der Waals surface area contributed by atoms with Gasteiger partial charge in [0.2, 0.25) is 0 Å². The quantitative estimate of drug-likeness (QED) is 0.604. The van der Waals surface area contributed by atoms with E-state index in [4.69, 9.17) is 4.74 Å². The van der Waals surface area contributed by atoms with Gasteiger partial charge in [-0.1, -0.05) is 43.3 Å². The Hall–Kier alpha value is -3.60. The molecule has 0 saturated carbocycles. The molecule has 2 N–H and O–H groups in total. The Bertz CT molecular complexity index is 969. The Morgan fingerprint density at radius 2 is 1.55 bits per heavy atom. The summed E-state index contributed by atoms with van der Waals surface area (Å²) in [5.74, 6) is 0.110. The van der Waals surface area contributed by atoms with Crippen LogP contribution in [0.1, 0.15) is 29.8 Å². The molecule has 29 heavy (non-hydrogen) atoms. The van der Waals surface area contributed by atoms with Crippen LogP contribution in [0.25, 0.3) is 0 Å². The molecular weight excluding hydrogens is 364 g/mol. The van der Waals surface area contributed by atoms with E-state index in [1.54, 1.807) is 31.2 Å². The molecule has 0 aromatic heterocycles. The maximum atomic E-state index is 12.5. The van der Waals surface area contributed by atoms with Crippen molar-refractivity contribution in [1.82, 2.24) is 0 Å². The number of ether oxygens (including phenoxy) is 1. The molecule has 5 nitrogen and oxygen atoms in total. The average molecular weight is 388 g/mol. The number of carbonyl (C=O) groups excluding carboxylic acids is 2. The Kier molecular flexibility index (Phi) is 6.63. The number of para-hydroxylation sites is 1. The first-order chi connectivity index (χ1) is 14.0. The maximum Gasteiger partial charge on any atom is 0.265 e. The van der Waals surface area contributed by atoms with Crippen LogP contribution in [0.4, 0.5) is 11.4 Å². The summed E-state index contributed by atoms with van der Waals surface area (Å²) < 4.78 is 5.71. The number of rotatable bonds is 7. The highest BCUT2D eigenvalue weighted by Crippen LogP contribution is 2.17. The first-order valence-corrected chi connectivity index (χ1v) is 9.58. The van der Waals surface area contributed by atoms with Crippen LogP contribution in [0.2, 0.25) is 0 Å². The van der Waals surface area contributed by atoms with E-state index < -0.39 is 6.10 Å². The molecule has 3 aromatic carbocycles. The molecule has 148 valence electrons. The van der Waals surface area contributed by atoms with Gasteiger partial charge in [0.05, 0.1) is 0 Å². The Balaban J connectivity index is 1.61. The fourth-order valence-electron chi connectivity index (χ4n) is 2.77. The zero-order valence-corrected chi connectivity index (χ0v) is 16.5. The van der Waals surface area contributed by atoms with Crippen LogP contribution in [0.3, 0.4) is 0 Å². The lowest BCUT2D eigenvalue weighted by Crippen LogP contribution is -2.30. The second kappa shape index (κ2) is 9.55. The fraction of sp³-hybridized carbons (Fsp3) is 0.167. The lowest BCUT2D eigenvalue weighted by atomic mass is 10.1. The molecule has 2 amide bonds. The molecule has 0 bridgehead atoms. The van der Waals surface area contributed by atoms with Gasteiger partial charge in [0, 0.05) is 16.9 Å². The number of anilines is 2. The fourth-order valence-corrected chi connectivity index (χ4v) is 2.77. The van der Waals surface area contributed by atoms with Crippen molar-refractivity contribution in [1.29, 1.82) is 0 Å². The molecule has 5 heteroatoms. The number of carbonyl (C=O) groups is 2. The number of hydrogen-bond acceptors (Lipinski definition) is 3. The van der Waals surface area contributed by atoms with Gasteiger partial charge in [-0.25, -0.2) is 0 Å². The predicted octanol–water partition coefficient (Wildman–Crippen LogP) is 4.91. The topological polar surface area (TPSA) is 67.4 Å². The maximum absolute atomic E-state index is 12.5. The normalized spacial score (nSPS) is 11.4. The molecule has 0 aliphatic carbocycles. The number of nitrogens with one attached hydrogen (secondary N) is 2. The van der Waals surface area contributed by atoms with E-state index in [9.17, 15) is 9.59 Å². The largest absolute Gasteiger partial charge is 0.481 e. The van der Waals surface area contributed by atoms with E-state index in [0.29, 0.717) is 22.7 Å². The summed E-state index contributed by atoms with van der Waals surface area (Å²) in [7, 11) is 0. The monoisotopic (exact) mass is 388 g/mol. The molecule has 0 spiro atoms. The van der Waals surface area contributed by atoms with E-state index in [1.165, 1.54) is 5.56 Å². The van der Waals surface area contributed by atoms with Gasteiger partial charge in [0.15, 0.2) is 6.10 Å². The molecule has 0 heterocycles. The van der Waals surface area contributed by atoms with Crippen LogP contribution >= 0.6 is 0 Å². The molecular formula is C24H24N2O3. The van der Waals surface area contributed by atoms with E-state index >= 15 is 0 Å². The number of amides is 2. The smallest absolute Gasteiger partial charge is 0.265 e. The van der Waals surface area contributed by atoms with Crippen molar-refractivity contribution in [2.45, 2.75) is 26.4 Å². The van der Waals surface area contributed by atoms with E-state index in [1.807, 2.05) is 54.6 Å². The highest BCUT2D eigenvalue weighted by molar-refractivity contribution is 6.05. The van der Waals surface area contributed by atoms with Crippen LogP contribution in [-0.2, 0) is 11.2 Å². The van der Waals surface area contributed by atoms with Crippen LogP contribution in [0.15, 0.2) is 78.9 Å². The Labute approximate surface area is 170 Å². The first-order valence-electron chi connectivity index (χ1n) is 9.58. The lowest BCUT2D eigenvalue weighted by Gasteiger charge is -2.15. The van der Waals surface area contributed by atoms with Gasteiger partial charge in [-0.2, -0.15) is 0 Å². The van der Waals surface area contributed by atoms with Gasteiger partial charge in [0.1, 0.15) is 5.75 Å². The summed E-state index contributed by atoms with van der Waals surface area (Å²) in [6.45, 7) is 3.77. The second-order valence-electron chi connectivity index (χ2n) is 6.65.